The molecule has 132 valence electrons. The van der Waals surface area contributed by atoms with Gasteiger partial charge in [-0.3, -0.25) is 14.5 Å². The summed E-state index contributed by atoms with van der Waals surface area (Å²) in [5.74, 6) is 0.336. The van der Waals surface area contributed by atoms with Crippen molar-refractivity contribution in [1.82, 2.24) is 14.8 Å². The van der Waals surface area contributed by atoms with E-state index < -0.39 is 9.96 Å². The van der Waals surface area contributed by atoms with Crippen LogP contribution < -0.4 is 10.9 Å². The molecular formula is C16H20Cl3N3O2. The summed E-state index contributed by atoms with van der Waals surface area (Å²) in [4.78, 5) is 26.0. The van der Waals surface area contributed by atoms with Gasteiger partial charge in [0.2, 0.25) is 9.70 Å². The van der Waals surface area contributed by atoms with E-state index in [1.54, 1.807) is 19.1 Å². The van der Waals surface area contributed by atoms with Gasteiger partial charge in [-0.2, -0.15) is 0 Å². The number of fused-ring (bicyclic) bond motifs is 4. The van der Waals surface area contributed by atoms with Crippen LogP contribution in [-0.2, 0) is 11.3 Å². The van der Waals surface area contributed by atoms with E-state index in [-0.39, 0.29) is 17.4 Å². The SMILES string of the molecule is CCC(=O)N[C@H](N1C[C@@H]2C[C@@H](C1)c1cccc(=O)n1C2)C(Cl)(Cl)Cl. The van der Waals surface area contributed by atoms with Gasteiger partial charge in [-0.05, 0) is 18.4 Å². The number of rotatable bonds is 3. The zero-order valence-corrected chi connectivity index (χ0v) is 15.6. The van der Waals surface area contributed by atoms with Gasteiger partial charge in [0.05, 0.1) is 0 Å². The molecule has 0 aliphatic carbocycles. The van der Waals surface area contributed by atoms with E-state index in [1.807, 2.05) is 15.5 Å². The maximum Gasteiger partial charge on any atom is 0.250 e. The molecular weight excluding hydrogens is 373 g/mol. The third-order valence-corrected chi connectivity index (χ3v) is 5.42. The summed E-state index contributed by atoms with van der Waals surface area (Å²) in [5, 5.41) is 2.82. The Labute approximate surface area is 155 Å². The molecule has 0 spiro atoms. The molecule has 1 aromatic heterocycles. The summed E-state index contributed by atoms with van der Waals surface area (Å²) < 4.78 is 0.234. The molecule has 0 unspecified atom stereocenters. The second-order valence-electron chi connectivity index (χ2n) is 6.52. The minimum absolute atomic E-state index is 0.0351. The topological polar surface area (TPSA) is 54.3 Å². The number of nitrogens with zero attached hydrogens (tertiary/aromatic N) is 2. The van der Waals surface area contributed by atoms with Gasteiger partial charge in [0, 0.05) is 43.7 Å². The molecule has 24 heavy (non-hydrogen) atoms. The number of hydrogen-bond donors (Lipinski definition) is 1. The van der Waals surface area contributed by atoms with E-state index in [0.717, 1.165) is 12.1 Å². The predicted molar refractivity (Wildman–Crippen MR) is 95.6 cm³/mol. The maximum atomic E-state index is 12.1. The Morgan fingerprint density at radius 3 is 2.75 bits per heavy atom. The van der Waals surface area contributed by atoms with Crippen LogP contribution in [0.1, 0.15) is 31.4 Å². The fourth-order valence-electron chi connectivity index (χ4n) is 3.78. The van der Waals surface area contributed by atoms with Gasteiger partial charge in [0.1, 0.15) is 6.17 Å². The third-order valence-electron chi connectivity index (χ3n) is 4.80. The summed E-state index contributed by atoms with van der Waals surface area (Å²) in [6.45, 7) is 3.75. The number of halogens is 3. The van der Waals surface area contributed by atoms with Crippen molar-refractivity contribution in [1.29, 1.82) is 0 Å². The quantitative estimate of drug-likeness (QED) is 0.804. The molecule has 0 saturated carbocycles. The first-order chi connectivity index (χ1) is 11.3. The molecule has 5 nitrogen and oxygen atoms in total. The standard InChI is InChI=1S/C16H20Cl3N3O2/c1-2-13(23)20-15(16(17,18)19)21-7-10-6-11(9-21)12-4-3-5-14(24)22(12)8-10/h3-5,10-11,15H,2,6-9H2,1H3,(H,20,23)/t10-,11-,15+/m0/s1. The Balaban J connectivity index is 1.87. The molecule has 1 N–H and O–H groups in total. The summed E-state index contributed by atoms with van der Waals surface area (Å²) in [5.41, 5.74) is 1.06. The molecule has 8 heteroatoms. The Morgan fingerprint density at radius 1 is 1.33 bits per heavy atom. The molecule has 3 atom stereocenters. The summed E-state index contributed by atoms with van der Waals surface area (Å²) in [6, 6.07) is 5.37. The van der Waals surface area contributed by atoms with Gasteiger partial charge in [-0.25, -0.2) is 0 Å². The van der Waals surface area contributed by atoms with Gasteiger partial charge in [-0.1, -0.05) is 47.8 Å². The van der Waals surface area contributed by atoms with Gasteiger partial charge >= 0.3 is 0 Å². The van der Waals surface area contributed by atoms with Crippen LogP contribution in [-0.4, -0.2) is 38.4 Å². The average molecular weight is 393 g/mol. The number of hydrogen-bond acceptors (Lipinski definition) is 3. The van der Waals surface area contributed by atoms with Crippen LogP contribution in [0, 0.1) is 5.92 Å². The Bertz CT molecular complexity index is 686. The molecule has 1 fully saturated rings. The zero-order valence-electron chi connectivity index (χ0n) is 13.3. The van der Waals surface area contributed by atoms with E-state index in [0.29, 0.717) is 32.0 Å². The normalized spacial score (nSPS) is 25.0. The van der Waals surface area contributed by atoms with Crippen molar-refractivity contribution < 1.29 is 4.79 Å². The summed E-state index contributed by atoms with van der Waals surface area (Å²) in [7, 11) is 0. The number of pyridine rings is 1. The fraction of sp³-hybridized carbons (Fsp3) is 0.625. The van der Waals surface area contributed by atoms with Crippen LogP contribution >= 0.6 is 34.8 Å². The lowest BCUT2D eigenvalue weighted by Gasteiger charge is -2.47. The Morgan fingerprint density at radius 2 is 2.08 bits per heavy atom. The lowest BCUT2D eigenvalue weighted by Crippen LogP contribution is -2.60. The first kappa shape index (κ1) is 18.1. The minimum atomic E-state index is -1.62. The number of carbonyl (C=O) groups excluding carboxylic acids is 1. The molecule has 0 radical (unpaired) electrons. The van der Waals surface area contributed by atoms with Gasteiger partial charge in [0.15, 0.2) is 0 Å². The van der Waals surface area contributed by atoms with Gasteiger partial charge in [0.25, 0.3) is 5.56 Å². The van der Waals surface area contributed by atoms with Crippen molar-refractivity contribution >= 4 is 40.7 Å². The van der Waals surface area contributed by atoms with Crippen LogP contribution in [0.15, 0.2) is 23.0 Å². The first-order valence-electron chi connectivity index (χ1n) is 8.09. The highest BCUT2D eigenvalue weighted by molar-refractivity contribution is 6.68. The molecule has 2 bridgehead atoms. The Hall–Kier alpha value is -0.750. The monoisotopic (exact) mass is 391 g/mol. The molecule has 0 aromatic carbocycles. The average Bonchev–Trinajstić information content (AvgIpc) is 2.52. The molecule has 1 aromatic rings. The van der Waals surface area contributed by atoms with Crippen LogP contribution in [0.2, 0.25) is 0 Å². The minimum Gasteiger partial charge on any atom is -0.337 e. The number of carbonyl (C=O) groups is 1. The largest absolute Gasteiger partial charge is 0.337 e. The van der Waals surface area contributed by atoms with E-state index >= 15 is 0 Å². The van der Waals surface area contributed by atoms with Crippen molar-refractivity contribution in [3.05, 3.63) is 34.2 Å². The summed E-state index contributed by atoms with van der Waals surface area (Å²) >= 11 is 18.4. The van der Waals surface area contributed by atoms with Crippen molar-refractivity contribution in [2.75, 3.05) is 13.1 Å². The number of nitrogens with one attached hydrogen (secondary N) is 1. The highest BCUT2D eigenvalue weighted by Gasteiger charge is 2.43. The van der Waals surface area contributed by atoms with E-state index in [9.17, 15) is 9.59 Å². The number of piperidine rings is 1. The summed E-state index contributed by atoms with van der Waals surface area (Å²) in [6.07, 6.45) is 0.659. The second-order valence-corrected chi connectivity index (χ2v) is 8.89. The maximum absolute atomic E-state index is 12.1. The van der Waals surface area contributed by atoms with Crippen LogP contribution in [0.5, 0.6) is 0 Å². The molecule has 1 saturated heterocycles. The number of aromatic nitrogens is 1. The van der Waals surface area contributed by atoms with Gasteiger partial charge < -0.3 is 9.88 Å². The molecule has 2 aliphatic heterocycles. The second kappa shape index (κ2) is 6.87. The van der Waals surface area contributed by atoms with Crippen molar-refractivity contribution in [2.45, 2.75) is 42.2 Å². The van der Waals surface area contributed by atoms with E-state index in [1.165, 1.54) is 0 Å². The molecule has 1 amide bonds. The van der Waals surface area contributed by atoms with Crippen molar-refractivity contribution in [3.8, 4) is 0 Å². The number of alkyl halides is 3. The van der Waals surface area contributed by atoms with Crippen LogP contribution in [0.4, 0.5) is 0 Å². The predicted octanol–water partition coefficient (Wildman–Crippen LogP) is 2.49. The number of amides is 1. The molecule has 2 aliphatic rings. The highest BCUT2D eigenvalue weighted by atomic mass is 35.6. The Kier molecular flexibility index (Phi) is 5.17. The van der Waals surface area contributed by atoms with E-state index in [2.05, 4.69) is 5.32 Å². The lowest BCUT2D eigenvalue weighted by molar-refractivity contribution is -0.123. The van der Waals surface area contributed by atoms with Crippen LogP contribution in [0.3, 0.4) is 0 Å². The zero-order chi connectivity index (χ0) is 17.5. The molecule has 3 rings (SSSR count). The molecule has 3 heterocycles. The fourth-order valence-corrected chi connectivity index (χ4v) is 4.36. The third kappa shape index (κ3) is 3.59. The lowest BCUT2D eigenvalue weighted by atomic mass is 9.83. The smallest absolute Gasteiger partial charge is 0.250 e. The first-order valence-corrected chi connectivity index (χ1v) is 9.23. The van der Waals surface area contributed by atoms with Gasteiger partial charge in [-0.15, -0.1) is 0 Å². The van der Waals surface area contributed by atoms with E-state index in [4.69, 9.17) is 34.8 Å². The number of likely N-dealkylation sites (tertiary alicyclic amines) is 1. The van der Waals surface area contributed by atoms with Crippen molar-refractivity contribution in [3.63, 3.8) is 0 Å². The van der Waals surface area contributed by atoms with Crippen LogP contribution in [0.25, 0.3) is 0 Å². The highest BCUT2D eigenvalue weighted by Crippen LogP contribution is 2.39. The van der Waals surface area contributed by atoms with Crippen molar-refractivity contribution in [2.24, 2.45) is 5.92 Å².